The molecule has 3 heterocycles. The molecule has 5 heteroatoms. The number of nitrogens with zero attached hydrogens (tertiary/aromatic N) is 1. The van der Waals surface area contributed by atoms with Crippen molar-refractivity contribution in [2.24, 2.45) is 0 Å². The summed E-state index contributed by atoms with van der Waals surface area (Å²) in [4.78, 5) is 15.1. The third kappa shape index (κ3) is 3.10. The van der Waals surface area contributed by atoms with Crippen LogP contribution < -0.4 is 15.4 Å². The predicted molar refractivity (Wildman–Crippen MR) is 98.0 cm³/mol. The number of ether oxygens (including phenoxy) is 1. The van der Waals surface area contributed by atoms with Gasteiger partial charge in [0.15, 0.2) is 0 Å². The van der Waals surface area contributed by atoms with Crippen LogP contribution >= 0.6 is 0 Å². The van der Waals surface area contributed by atoms with Gasteiger partial charge >= 0.3 is 6.03 Å². The summed E-state index contributed by atoms with van der Waals surface area (Å²) in [5.74, 6) is 0.944. The molecule has 3 unspecified atom stereocenters. The molecule has 0 aromatic heterocycles. The van der Waals surface area contributed by atoms with Crippen LogP contribution in [0.4, 0.5) is 4.79 Å². The van der Waals surface area contributed by atoms with Crippen LogP contribution in [-0.2, 0) is 0 Å². The number of benzene rings is 1. The number of aryl methyl sites for hydroxylation is 1. The zero-order valence-electron chi connectivity index (χ0n) is 15.5. The van der Waals surface area contributed by atoms with Crippen molar-refractivity contribution in [1.29, 1.82) is 0 Å². The maximum Gasteiger partial charge on any atom is 0.315 e. The summed E-state index contributed by atoms with van der Waals surface area (Å²) < 4.78 is 5.84. The number of carbonyl (C=O) groups excluding carboxylic acids is 1. The first kappa shape index (κ1) is 16.7. The van der Waals surface area contributed by atoms with E-state index in [1.807, 2.05) is 0 Å². The van der Waals surface area contributed by atoms with E-state index >= 15 is 0 Å². The Labute approximate surface area is 150 Å². The maximum atomic E-state index is 12.5. The van der Waals surface area contributed by atoms with Gasteiger partial charge in [-0.1, -0.05) is 18.6 Å². The molecule has 3 aliphatic rings. The molecule has 2 fully saturated rings. The Balaban J connectivity index is 1.37. The lowest BCUT2D eigenvalue weighted by molar-refractivity contribution is 0.0508. The number of carbonyl (C=O) groups is 1. The van der Waals surface area contributed by atoms with Crippen molar-refractivity contribution in [1.82, 2.24) is 15.5 Å². The van der Waals surface area contributed by atoms with Crippen LogP contribution in [0.3, 0.4) is 0 Å². The zero-order valence-corrected chi connectivity index (χ0v) is 15.5. The largest absolute Gasteiger partial charge is 0.490 e. The average molecular weight is 343 g/mol. The van der Waals surface area contributed by atoms with E-state index in [0.717, 1.165) is 24.2 Å². The van der Waals surface area contributed by atoms with E-state index in [1.165, 1.54) is 30.4 Å². The summed E-state index contributed by atoms with van der Waals surface area (Å²) in [7, 11) is 2.24. The van der Waals surface area contributed by atoms with Crippen LogP contribution in [0.2, 0.25) is 0 Å². The fourth-order valence-electron chi connectivity index (χ4n) is 4.77. The van der Waals surface area contributed by atoms with Gasteiger partial charge in [-0.2, -0.15) is 0 Å². The molecule has 0 radical (unpaired) electrons. The van der Waals surface area contributed by atoms with Gasteiger partial charge in [-0.25, -0.2) is 4.79 Å². The summed E-state index contributed by atoms with van der Waals surface area (Å²) in [6.07, 6.45) is 5.98. The maximum absolute atomic E-state index is 12.5. The van der Waals surface area contributed by atoms with Crippen LogP contribution in [-0.4, -0.2) is 42.7 Å². The fraction of sp³-hybridized carbons (Fsp3) is 0.650. The fourth-order valence-corrected chi connectivity index (χ4v) is 4.77. The van der Waals surface area contributed by atoms with E-state index in [-0.39, 0.29) is 18.1 Å². The third-order valence-electron chi connectivity index (χ3n) is 6.46. The lowest BCUT2D eigenvalue weighted by Crippen LogP contribution is -2.56. The van der Waals surface area contributed by atoms with Crippen LogP contribution in [0, 0.1) is 13.8 Å². The van der Waals surface area contributed by atoms with E-state index in [2.05, 4.69) is 48.6 Å². The monoisotopic (exact) mass is 343 g/mol. The van der Waals surface area contributed by atoms with Crippen molar-refractivity contribution in [2.75, 3.05) is 13.7 Å². The highest BCUT2D eigenvalue weighted by Crippen LogP contribution is 2.37. The van der Waals surface area contributed by atoms with E-state index in [4.69, 9.17) is 4.74 Å². The first-order chi connectivity index (χ1) is 12.0. The molecule has 3 aliphatic heterocycles. The summed E-state index contributed by atoms with van der Waals surface area (Å²) in [5.41, 5.74) is 3.49. The lowest BCUT2D eigenvalue weighted by Gasteiger charge is -2.47. The second-order valence-corrected chi connectivity index (χ2v) is 7.98. The zero-order chi connectivity index (χ0) is 17.6. The number of hydrogen-bond donors (Lipinski definition) is 2. The molecule has 25 heavy (non-hydrogen) atoms. The molecule has 2 amide bonds. The molecule has 136 valence electrons. The molecule has 0 saturated carbocycles. The van der Waals surface area contributed by atoms with Gasteiger partial charge < -0.3 is 20.3 Å². The average Bonchev–Trinajstić information content (AvgIpc) is 2.95. The van der Waals surface area contributed by atoms with Crippen molar-refractivity contribution >= 4 is 6.03 Å². The van der Waals surface area contributed by atoms with Crippen molar-refractivity contribution in [3.05, 3.63) is 28.8 Å². The van der Waals surface area contributed by atoms with Gasteiger partial charge in [-0.3, -0.25) is 0 Å². The van der Waals surface area contributed by atoms with Gasteiger partial charge in [-0.15, -0.1) is 0 Å². The Kier molecular flexibility index (Phi) is 4.36. The molecule has 2 bridgehead atoms. The minimum Gasteiger partial charge on any atom is -0.490 e. The minimum absolute atomic E-state index is 0.0555. The first-order valence-corrected chi connectivity index (χ1v) is 9.54. The molecule has 2 N–H and O–H groups in total. The standard InChI is InChI=1S/C20H29N3O2/c1-12-7-8-17-18(11-25-19(17)13(12)2)22-20(24)21-14-9-15-5-4-6-16(10-14)23(15)3/h7-8,14-16,18H,4-6,9-11H2,1-3H3,(H2,21,22,24). The van der Waals surface area contributed by atoms with Crippen molar-refractivity contribution < 1.29 is 9.53 Å². The van der Waals surface area contributed by atoms with Crippen molar-refractivity contribution in [2.45, 2.75) is 70.1 Å². The number of nitrogens with one attached hydrogen (secondary N) is 2. The molecule has 1 aromatic carbocycles. The number of urea groups is 1. The van der Waals surface area contributed by atoms with Gasteiger partial charge in [0, 0.05) is 23.7 Å². The Morgan fingerprint density at radius 3 is 2.60 bits per heavy atom. The van der Waals surface area contributed by atoms with E-state index in [9.17, 15) is 4.79 Å². The molecule has 1 aromatic rings. The van der Waals surface area contributed by atoms with E-state index < -0.39 is 0 Å². The predicted octanol–water partition coefficient (Wildman–Crippen LogP) is 3.05. The minimum atomic E-state index is -0.0627. The number of fused-ring (bicyclic) bond motifs is 3. The van der Waals surface area contributed by atoms with Crippen LogP contribution in [0.15, 0.2) is 12.1 Å². The SMILES string of the molecule is Cc1ccc2c(c1C)OCC2NC(=O)NC1CC2CCCC(C1)N2C. The van der Waals surface area contributed by atoms with Crippen LogP contribution in [0.25, 0.3) is 0 Å². The molecule has 4 rings (SSSR count). The Morgan fingerprint density at radius 2 is 1.88 bits per heavy atom. The topological polar surface area (TPSA) is 53.6 Å². The first-order valence-electron chi connectivity index (χ1n) is 9.54. The molecule has 3 atom stereocenters. The van der Waals surface area contributed by atoms with E-state index in [0.29, 0.717) is 18.7 Å². The van der Waals surface area contributed by atoms with Crippen LogP contribution in [0.1, 0.15) is 54.8 Å². The number of rotatable bonds is 2. The Bertz CT molecular complexity index is 661. The molecule has 2 saturated heterocycles. The summed E-state index contributed by atoms with van der Waals surface area (Å²) >= 11 is 0. The second kappa shape index (κ2) is 6.52. The molecule has 5 nitrogen and oxygen atoms in total. The Morgan fingerprint density at radius 1 is 1.16 bits per heavy atom. The summed E-state index contributed by atoms with van der Waals surface area (Å²) in [6, 6.07) is 5.60. The van der Waals surface area contributed by atoms with E-state index in [1.54, 1.807) is 0 Å². The van der Waals surface area contributed by atoms with Gasteiger partial charge in [0.05, 0.1) is 6.04 Å². The Hall–Kier alpha value is -1.75. The van der Waals surface area contributed by atoms with Gasteiger partial charge in [0.2, 0.25) is 0 Å². The van der Waals surface area contributed by atoms with Gasteiger partial charge in [0.1, 0.15) is 12.4 Å². The van der Waals surface area contributed by atoms with Gasteiger partial charge in [0.25, 0.3) is 0 Å². The quantitative estimate of drug-likeness (QED) is 0.868. The molecule has 0 spiro atoms. The second-order valence-electron chi connectivity index (χ2n) is 7.98. The third-order valence-corrected chi connectivity index (χ3v) is 6.46. The number of amides is 2. The molecule has 0 aliphatic carbocycles. The smallest absolute Gasteiger partial charge is 0.315 e. The lowest BCUT2D eigenvalue weighted by atomic mass is 9.82. The number of piperidine rings is 2. The number of hydrogen-bond acceptors (Lipinski definition) is 3. The van der Waals surface area contributed by atoms with Gasteiger partial charge in [-0.05, 0) is 57.7 Å². The van der Waals surface area contributed by atoms with Crippen molar-refractivity contribution in [3.63, 3.8) is 0 Å². The van der Waals surface area contributed by atoms with Crippen molar-refractivity contribution in [3.8, 4) is 5.75 Å². The molecular formula is C20H29N3O2. The highest BCUT2D eigenvalue weighted by molar-refractivity contribution is 5.75. The normalized spacial score (nSPS) is 31.2. The highest BCUT2D eigenvalue weighted by atomic mass is 16.5. The summed E-state index contributed by atoms with van der Waals surface area (Å²) in [5, 5.41) is 6.34. The van der Waals surface area contributed by atoms with Crippen LogP contribution in [0.5, 0.6) is 5.75 Å². The summed E-state index contributed by atoms with van der Waals surface area (Å²) in [6.45, 7) is 4.68. The molecular weight excluding hydrogens is 314 g/mol. The highest BCUT2D eigenvalue weighted by Gasteiger charge is 2.37.